The summed E-state index contributed by atoms with van der Waals surface area (Å²) in [5.41, 5.74) is -0.502. The van der Waals surface area contributed by atoms with Crippen molar-refractivity contribution in [2.45, 2.75) is 32.6 Å². The van der Waals surface area contributed by atoms with Gasteiger partial charge in [0.2, 0.25) is 11.8 Å². The first-order chi connectivity index (χ1) is 9.91. The van der Waals surface area contributed by atoms with Gasteiger partial charge in [-0.15, -0.1) is 0 Å². The first kappa shape index (κ1) is 13.8. The molecule has 7 heteroatoms. The van der Waals surface area contributed by atoms with Crippen molar-refractivity contribution in [1.29, 1.82) is 0 Å². The number of nitrogens with one attached hydrogen (secondary N) is 1. The van der Waals surface area contributed by atoms with E-state index in [2.05, 4.69) is 10.5 Å². The van der Waals surface area contributed by atoms with Crippen LogP contribution >= 0.6 is 0 Å². The molecule has 0 saturated carbocycles. The maximum absolute atomic E-state index is 12.4. The summed E-state index contributed by atoms with van der Waals surface area (Å²) in [6.07, 6.45) is 0.664. The Morgan fingerprint density at radius 2 is 2.24 bits per heavy atom. The predicted molar refractivity (Wildman–Crippen MR) is 71.3 cm³/mol. The normalized spacial score (nSPS) is 25.2. The molecule has 3 rings (SSSR count). The Bertz CT molecular complexity index is 621. The van der Waals surface area contributed by atoms with Gasteiger partial charge in [0, 0.05) is 31.5 Å². The van der Waals surface area contributed by atoms with Crippen molar-refractivity contribution in [1.82, 2.24) is 15.4 Å². The highest BCUT2D eigenvalue weighted by molar-refractivity contribution is 6.06. The number of imide groups is 1. The lowest BCUT2D eigenvalue weighted by Gasteiger charge is -2.19. The lowest BCUT2D eigenvalue weighted by Crippen LogP contribution is -2.36. The SMILES string of the molecule is CC(C)c1cc(C(=O)N2CC[C@]3(CC(=O)NC3=O)C2)no1. The molecule has 2 saturated heterocycles. The van der Waals surface area contributed by atoms with Crippen LogP contribution < -0.4 is 5.32 Å². The van der Waals surface area contributed by atoms with E-state index in [1.807, 2.05) is 13.8 Å². The van der Waals surface area contributed by atoms with Crippen LogP contribution in [-0.4, -0.2) is 40.9 Å². The summed E-state index contributed by atoms with van der Waals surface area (Å²) >= 11 is 0. The van der Waals surface area contributed by atoms with Crippen LogP contribution in [0.3, 0.4) is 0 Å². The number of aromatic nitrogens is 1. The number of rotatable bonds is 2. The van der Waals surface area contributed by atoms with E-state index in [0.717, 1.165) is 0 Å². The van der Waals surface area contributed by atoms with Gasteiger partial charge < -0.3 is 9.42 Å². The van der Waals surface area contributed by atoms with E-state index in [9.17, 15) is 14.4 Å². The third kappa shape index (κ3) is 2.22. The van der Waals surface area contributed by atoms with E-state index in [1.54, 1.807) is 11.0 Å². The Morgan fingerprint density at radius 1 is 1.48 bits per heavy atom. The number of carbonyl (C=O) groups is 3. The molecule has 112 valence electrons. The summed E-state index contributed by atoms with van der Waals surface area (Å²) in [5, 5.41) is 6.12. The number of amides is 3. The second-order valence-corrected chi connectivity index (χ2v) is 6.08. The second-order valence-electron chi connectivity index (χ2n) is 6.08. The summed E-state index contributed by atoms with van der Waals surface area (Å²) in [5.74, 6) is 0.0153. The van der Waals surface area contributed by atoms with E-state index in [0.29, 0.717) is 18.7 Å². The van der Waals surface area contributed by atoms with Gasteiger partial charge in [-0.1, -0.05) is 19.0 Å². The number of hydrogen-bond donors (Lipinski definition) is 1. The van der Waals surface area contributed by atoms with Gasteiger partial charge in [-0.25, -0.2) is 0 Å². The molecule has 3 heterocycles. The zero-order valence-corrected chi connectivity index (χ0v) is 12.0. The number of likely N-dealkylation sites (tertiary alicyclic amines) is 1. The van der Waals surface area contributed by atoms with Gasteiger partial charge in [0.15, 0.2) is 5.69 Å². The fraction of sp³-hybridized carbons (Fsp3) is 0.571. The molecule has 2 aliphatic heterocycles. The molecule has 0 aliphatic carbocycles. The van der Waals surface area contributed by atoms with Gasteiger partial charge in [0.1, 0.15) is 5.76 Å². The monoisotopic (exact) mass is 291 g/mol. The predicted octanol–water partition coefficient (Wildman–Crippen LogP) is 0.677. The zero-order chi connectivity index (χ0) is 15.2. The molecule has 1 aromatic heterocycles. The number of hydrogen-bond acceptors (Lipinski definition) is 5. The molecule has 0 radical (unpaired) electrons. The van der Waals surface area contributed by atoms with Crippen LogP contribution in [0.1, 0.15) is 48.9 Å². The van der Waals surface area contributed by atoms with Crippen LogP contribution in [0.4, 0.5) is 0 Å². The third-order valence-electron chi connectivity index (χ3n) is 4.19. The molecule has 2 aliphatic rings. The molecule has 3 amide bonds. The summed E-state index contributed by atoms with van der Waals surface area (Å²) in [7, 11) is 0. The topological polar surface area (TPSA) is 92.5 Å². The highest BCUT2D eigenvalue weighted by Gasteiger charge is 2.52. The molecular formula is C14H17N3O4. The summed E-state index contributed by atoms with van der Waals surface area (Å²) in [4.78, 5) is 37.2. The largest absolute Gasteiger partial charge is 0.360 e. The van der Waals surface area contributed by atoms with Gasteiger partial charge in [-0.2, -0.15) is 0 Å². The van der Waals surface area contributed by atoms with Crippen molar-refractivity contribution < 1.29 is 18.9 Å². The summed E-state index contributed by atoms with van der Waals surface area (Å²) in [6, 6.07) is 1.64. The highest BCUT2D eigenvalue weighted by atomic mass is 16.5. The Morgan fingerprint density at radius 3 is 2.81 bits per heavy atom. The molecule has 21 heavy (non-hydrogen) atoms. The van der Waals surface area contributed by atoms with Crippen LogP contribution in [0.2, 0.25) is 0 Å². The molecule has 0 unspecified atom stereocenters. The zero-order valence-electron chi connectivity index (χ0n) is 12.0. The number of carbonyl (C=O) groups excluding carboxylic acids is 3. The van der Waals surface area contributed by atoms with Crippen LogP contribution in [0.15, 0.2) is 10.6 Å². The fourth-order valence-electron chi connectivity index (χ4n) is 2.89. The third-order valence-corrected chi connectivity index (χ3v) is 4.19. The van der Waals surface area contributed by atoms with Crippen molar-refractivity contribution in [2.75, 3.05) is 13.1 Å². The maximum Gasteiger partial charge on any atom is 0.276 e. The van der Waals surface area contributed by atoms with Gasteiger partial charge in [0.25, 0.3) is 5.91 Å². The Hall–Kier alpha value is -2.18. The lowest BCUT2D eigenvalue weighted by atomic mass is 9.85. The second kappa shape index (κ2) is 4.68. The first-order valence-electron chi connectivity index (χ1n) is 7.01. The Labute approximate surface area is 121 Å². The van der Waals surface area contributed by atoms with Crippen LogP contribution in [0, 0.1) is 5.41 Å². The molecule has 1 aromatic rings. The quantitative estimate of drug-likeness (QED) is 0.809. The van der Waals surface area contributed by atoms with Crippen molar-refractivity contribution >= 4 is 17.7 Å². The first-order valence-corrected chi connectivity index (χ1v) is 7.01. The average Bonchev–Trinajstić information content (AvgIpc) is 3.10. The summed E-state index contributed by atoms with van der Waals surface area (Å²) in [6.45, 7) is 4.61. The minimum Gasteiger partial charge on any atom is -0.360 e. The van der Waals surface area contributed by atoms with Gasteiger partial charge in [-0.3, -0.25) is 19.7 Å². The molecule has 7 nitrogen and oxygen atoms in total. The van der Waals surface area contributed by atoms with Crippen molar-refractivity contribution in [3.63, 3.8) is 0 Å². The highest BCUT2D eigenvalue weighted by Crippen LogP contribution is 2.38. The van der Waals surface area contributed by atoms with E-state index in [1.165, 1.54) is 0 Å². The molecular weight excluding hydrogens is 274 g/mol. The number of nitrogens with zero attached hydrogens (tertiary/aromatic N) is 2. The van der Waals surface area contributed by atoms with E-state index in [4.69, 9.17) is 4.52 Å². The average molecular weight is 291 g/mol. The van der Waals surface area contributed by atoms with Gasteiger partial charge in [-0.05, 0) is 6.42 Å². The molecule has 2 fully saturated rings. The molecule has 1 spiro atoms. The van der Waals surface area contributed by atoms with Crippen molar-refractivity contribution in [3.05, 3.63) is 17.5 Å². The van der Waals surface area contributed by atoms with Crippen molar-refractivity contribution in [2.24, 2.45) is 5.41 Å². The van der Waals surface area contributed by atoms with E-state index in [-0.39, 0.29) is 42.3 Å². The summed E-state index contributed by atoms with van der Waals surface area (Å²) < 4.78 is 5.13. The maximum atomic E-state index is 12.4. The molecule has 1 atom stereocenters. The van der Waals surface area contributed by atoms with Gasteiger partial charge >= 0.3 is 0 Å². The van der Waals surface area contributed by atoms with Crippen LogP contribution in [0.5, 0.6) is 0 Å². The molecule has 0 aromatic carbocycles. The minimum atomic E-state index is -0.753. The van der Waals surface area contributed by atoms with E-state index >= 15 is 0 Å². The fourth-order valence-corrected chi connectivity index (χ4v) is 2.89. The lowest BCUT2D eigenvalue weighted by molar-refractivity contribution is -0.128. The molecule has 0 bridgehead atoms. The Kier molecular flexibility index (Phi) is 3.07. The van der Waals surface area contributed by atoms with Gasteiger partial charge in [0.05, 0.1) is 5.41 Å². The van der Waals surface area contributed by atoms with Crippen LogP contribution in [-0.2, 0) is 9.59 Å². The van der Waals surface area contributed by atoms with Crippen molar-refractivity contribution in [3.8, 4) is 0 Å². The Balaban J connectivity index is 1.75. The smallest absolute Gasteiger partial charge is 0.276 e. The van der Waals surface area contributed by atoms with E-state index < -0.39 is 5.41 Å². The van der Waals surface area contributed by atoms with Crippen LogP contribution in [0.25, 0.3) is 0 Å². The standard InChI is InChI=1S/C14H17N3O4/c1-8(2)10-5-9(16-21-10)12(19)17-4-3-14(7-17)6-11(18)15-13(14)20/h5,8H,3-4,6-7H2,1-2H3,(H,15,18,20)/t14-/m0/s1. The minimum absolute atomic E-state index is 0.155. The molecule has 1 N–H and O–H groups in total.